The Morgan fingerprint density at radius 2 is 1.85 bits per heavy atom. The van der Waals surface area contributed by atoms with E-state index in [-0.39, 0.29) is 11.9 Å². The van der Waals surface area contributed by atoms with Crippen LogP contribution in [0.1, 0.15) is 18.1 Å². The lowest BCUT2D eigenvalue weighted by Crippen LogP contribution is -2.53. The van der Waals surface area contributed by atoms with Gasteiger partial charge in [0.05, 0.1) is 20.3 Å². The number of aromatic amines is 1. The first-order chi connectivity index (χ1) is 16.1. The average Bonchev–Trinajstić information content (AvgIpc) is 3.27. The topological polar surface area (TPSA) is 69.8 Å². The van der Waals surface area contributed by atoms with Crippen LogP contribution in [0.4, 0.5) is 0 Å². The summed E-state index contributed by atoms with van der Waals surface area (Å²) in [5.41, 5.74) is 3.49. The van der Waals surface area contributed by atoms with Gasteiger partial charge in [0.15, 0.2) is 0 Å². The zero-order valence-electron chi connectivity index (χ0n) is 19.8. The predicted molar refractivity (Wildman–Crippen MR) is 131 cm³/mol. The maximum Gasteiger partial charge on any atom is 0.237 e. The molecular weight excluding hydrogens is 416 g/mol. The summed E-state index contributed by atoms with van der Waals surface area (Å²) in [6, 6.07) is 14.0. The van der Waals surface area contributed by atoms with E-state index in [4.69, 9.17) is 9.47 Å². The third-order valence-corrected chi connectivity index (χ3v) is 6.58. The molecule has 1 saturated heterocycles. The minimum Gasteiger partial charge on any atom is -0.497 e. The van der Waals surface area contributed by atoms with Gasteiger partial charge in [0.1, 0.15) is 11.5 Å². The second-order valence-electron chi connectivity index (χ2n) is 8.57. The van der Waals surface area contributed by atoms with E-state index in [1.807, 2.05) is 43.5 Å². The van der Waals surface area contributed by atoms with Crippen LogP contribution in [0, 0.1) is 0 Å². The number of nitrogens with one attached hydrogen (secondary N) is 2. The number of nitrogens with zero attached hydrogens (tertiary/aromatic N) is 2. The van der Waals surface area contributed by atoms with E-state index in [1.54, 1.807) is 14.2 Å². The summed E-state index contributed by atoms with van der Waals surface area (Å²) in [6.45, 7) is 7.00. The van der Waals surface area contributed by atoms with Crippen molar-refractivity contribution in [1.29, 1.82) is 0 Å². The molecule has 1 aliphatic rings. The minimum atomic E-state index is -0.138. The number of fused-ring (bicyclic) bond motifs is 1. The van der Waals surface area contributed by atoms with E-state index in [9.17, 15) is 4.79 Å². The van der Waals surface area contributed by atoms with Crippen molar-refractivity contribution in [3.63, 3.8) is 0 Å². The summed E-state index contributed by atoms with van der Waals surface area (Å²) in [6.07, 6.45) is 2.86. The summed E-state index contributed by atoms with van der Waals surface area (Å²) >= 11 is 0. The lowest BCUT2D eigenvalue weighted by molar-refractivity contribution is -0.126. The molecule has 0 aliphatic carbocycles. The molecule has 7 heteroatoms. The van der Waals surface area contributed by atoms with E-state index in [2.05, 4.69) is 32.2 Å². The highest BCUT2D eigenvalue weighted by Gasteiger charge is 2.26. The van der Waals surface area contributed by atoms with E-state index in [0.29, 0.717) is 6.54 Å². The van der Waals surface area contributed by atoms with E-state index in [1.165, 1.54) is 10.9 Å². The number of ether oxygens (including phenoxy) is 2. The molecular formula is C26H34N4O3. The van der Waals surface area contributed by atoms with Crippen LogP contribution >= 0.6 is 0 Å². The standard InChI is InChI=1S/C26H34N4O3/c1-19(26(31)27-11-10-20-17-28-24-7-5-4-6-23(20)24)30-14-12-29(13-15-30)18-21-16-22(32-2)8-9-25(21)33-3/h4-9,16-17,19,28H,10-15,18H2,1-3H3,(H,27,31). The number of carbonyl (C=O) groups excluding carboxylic acids is 1. The molecule has 0 saturated carbocycles. The molecule has 1 atom stereocenters. The number of hydrogen-bond acceptors (Lipinski definition) is 5. The van der Waals surface area contributed by atoms with Gasteiger partial charge in [0.25, 0.3) is 0 Å². The summed E-state index contributed by atoms with van der Waals surface area (Å²) in [7, 11) is 3.37. The first-order valence-electron chi connectivity index (χ1n) is 11.6. The van der Waals surface area contributed by atoms with Crippen molar-refractivity contribution in [2.24, 2.45) is 0 Å². The number of aromatic nitrogens is 1. The van der Waals surface area contributed by atoms with Gasteiger partial charge in [-0.05, 0) is 43.2 Å². The Bertz CT molecular complexity index is 1070. The molecule has 1 aromatic heterocycles. The van der Waals surface area contributed by atoms with Gasteiger partial charge in [-0.15, -0.1) is 0 Å². The minimum absolute atomic E-state index is 0.0951. The number of amides is 1. The highest BCUT2D eigenvalue weighted by molar-refractivity contribution is 5.83. The average molecular weight is 451 g/mol. The molecule has 1 amide bonds. The van der Waals surface area contributed by atoms with Crippen LogP contribution in [0.5, 0.6) is 11.5 Å². The number of H-pyrrole nitrogens is 1. The van der Waals surface area contributed by atoms with Crippen LogP contribution in [-0.2, 0) is 17.8 Å². The SMILES string of the molecule is COc1ccc(OC)c(CN2CCN(C(C)C(=O)NCCc3c[nH]c4ccccc34)CC2)c1. The zero-order chi connectivity index (χ0) is 23.2. The number of carbonyl (C=O) groups is 1. The van der Waals surface area contributed by atoms with Crippen LogP contribution < -0.4 is 14.8 Å². The molecule has 7 nitrogen and oxygen atoms in total. The van der Waals surface area contributed by atoms with E-state index < -0.39 is 0 Å². The molecule has 2 aromatic carbocycles. The number of para-hydroxylation sites is 1. The van der Waals surface area contributed by atoms with Gasteiger partial charge in [-0.2, -0.15) is 0 Å². The second-order valence-corrected chi connectivity index (χ2v) is 8.57. The second kappa shape index (κ2) is 10.7. The molecule has 1 aliphatic heterocycles. The van der Waals surface area contributed by atoms with Crippen molar-refractivity contribution in [3.8, 4) is 11.5 Å². The Hall–Kier alpha value is -3.03. The molecule has 0 spiro atoms. The summed E-state index contributed by atoms with van der Waals surface area (Å²) < 4.78 is 10.9. The van der Waals surface area contributed by atoms with Crippen molar-refractivity contribution >= 4 is 16.8 Å². The van der Waals surface area contributed by atoms with Crippen molar-refractivity contribution in [2.75, 3.05) is 46.9 Å². The van der Waals surface area contributed by atoms with Crippen LogP contribution in [0.15, 0.2) is 48.7 Å². The lowest BCUT2D eigenvalue weighted by Gasteiger charge is -2.37. The molecule has 3 aromatic rings. The Morgan fingerprint density at radius 3 is 2.61 bits per heavy atom. The highest BCUT2D eigenvalue weighted by Crippen LogP contribution is 2.26. The normalized spacial score (nSPS) is 16.0. The fraction of sp³-hybridized carbons (Fsp3) is 0.423. The number of rotatable bonds is 9. The van der Waals surface area contributed by atoms with Crippen molar-refractivity contribution in [1.82, 2.24) is 20.1 Å². The maximum atomic E-state index is 12.8. The first kappa shape index (κ1) is 23.1. The molecule has 2 N–H and O–H groups in total. The van der Waals surface area contributed by atoms with Gasteiger partial charge in [0, 0.05) is 61.9 Å². The van der Waals surface area contributed by atoms with Crippen molar-refractivity contribution in [3.05, 3.63) is 59.8 Å². The number of benzene rings is 2. The largest absolute Gasteiger partial charge is 0.497 e. The highest BCUT2D eigenvalue weighted by atomic mass is 16.5. The monoisotopic (exact) mass is 450 g/mol. The molecule has 4 rings (SSSR count). The lowest BCUT2D eigenvalue weighted by atomic mass is 10.1. The van der Waals surface area contributed by atoms with Crippen LogP contribution in [-0.4, -0.2) is 73.7 Å². The smallest absolute Gasteiger partial charge is 0.237 e. The van der Waals surface area contributed by atoms with Crippen molar-refractivity contribution in [2.45, 2.75) is 25.9 Å². The van der Waals surface area contributed by atoms with E-state index >= 15 is 0 Å². The van der Waals surface area contributed by atoms with Crippen LogP contribution in [0.25, 0.3) is 10.9 Å². The predicted octanol–water partition coefficient (Wildman–Crippen LogP) is 3.05. The van der Waals surface area contributed by atoms with Gasteiger partial charge in [-0.1, -0.05) is 18.2 Å². The molecule has 2 heterocycles. The molecule has 0 radical (unpaired) electrons. The quantitative estimate of drug-likeness (QED) is 0.524. The summed E-state index contributed by atoms with van der Waals surface area (Å²) in [5.74, 6) is 1.81. The molecule has 0 bridgehead atoms. The van der Waals surface area contributed by atoms with Gasteiger partial charge in [0.2, 0.25) is 5.91 Å². The number of hydrogen-bond donors (Lipinski definition) is 2. The Morgan fingerprint density at radius 1 is 1.06 bits per heavy atom. The summed E-state index contributed by atoms with van der Waals surface area (Å²) in [5, 5.41) is 4.35. The Kier molecular flexibility index (Phi) is 7.52. The molecule has 1 fully saturated rings. The zero-order valence-corrected chi connectivity index (χ0v) is 19.8. The summed E-state index contributed by atoms with van der Waals surface area (Å²) in [4.78, 5) is 20.7. The van der Waals surface area contributed by atoms with Crippen molar-refractivity contribution < 1.29 is 14.3 Å². The third kappa shape index (κ3) is 5.49. The molecule has 33 heavy (non-hydrogen) atoms. The van der Waals surface area contributed by atoms with Gasteiger partial charge < -0.3 is 19.8 Å². The number of piperazine rings is 1. The van der Waals surface area contributed by atoms with Crippen LogP contribution in [0.3, 0.4) is 0 Å². The Labute approximate surface area is 195 Å². The van der Waals surface area contributed by atoms with Gasteiger partial charge in [-0.3, -0.25) is 14.6 Å². The fourth-order valence-corrected chi connectivity index (χ4v) is 4.53. The van der Waals surface area contributed by atoms with Gasteiger partial charge >= 0.3 is 0 Å². The molecule has 176 valence electrons. The fourth-order valence-electron chi connectivity index (χ4n) is 4.53. The number of methoxy groups -OCH3 is 2. The van der Waals surface area contributed by atoms with E-state index in [0.717, 1.165) is 61.7 Å². The molecule has 1 unspecified atom stereocenters. The third-order valence-electron chi connectivity index (χ3n) is 6.58. The van der Waals surface area contributed by atoms with Crippen LogP contribution in [0.2, 0.25) is 0 Å². The first-order valence-corrected chi connectivity index (χ1v) is 11.6. The van der Waals surface area contributed by atoms with Gasteiger partial charge in [-0.25, -0.2) is 0 Å². The Balaban J connectivity index is 1.24. The maximum absolute atomic E-state index is 12.8.